The number of phenols is 1. The van der Waals surface area contributed by atoms with Crippen LogP contribution in [0.1, 0.15) is 12.5 Å². The Morgan fingerprint density at radius 2 is 2.00 bits per heavy atom. The third kappa shape index (κ3) is 2.32. The Kier molecular flexibility index (Phi) is 3.02. The van der Waals surface area contributed by atoms with Gasteiger partial charge in [-0.2, -0.15) is 18.3 Å². The van der Waals surface area contributed by atoms with Crippen LogP contribution in [0.4, 0.5) is 13.2 Å². The van der Waals surface area contributed by atoms with Gasteiger partial charge in [-0.15, -0.1) is 0 Å². The molecule has 0 saturated carbocycles. The second-order valence-corrected chi connectivity index (χ2v) is 3.81. The van der Waals surface area contributed by atoms with E-state index in [1.807, 2.05) is 6.92 Å². The van der Waals surface area contributed by atoms with Crippen LogP contribution in [0.15, 0.2) is 30.6 Å². The van der Waals surface area contributed by atoms with Gasteiger partial charge in [-0.1, -0.05) is 6.07 Å². The molecule has 0 fully saturated rings. The first-order valence-corrected chi connectivity index (χ1v) is 5.35. The lowest BCUT2D eigenvalue weighted by Gasteiger charge is -2.10. The zero-order chi connectivity index (χ0) is 13.3. The molecule has 0 aliphatic rings. The lowest BCUT2D eigenvalue weighted by molar-refractivity contribution is -0.138. The normalized spacial score (nSPS) is 11.8. The third-order valence-electron chi connectivity index (χ3n) is 2.59. The van der Waals surface area contributed by atoms with Gasteiger partial charge in [-0.25, -0.2) is 0 Å². The Bertz CT molecular complexity index is 561. The van der Waals surface area contributed by atoms with Gasteiger partial charge in [-0.3, -0.25) is 4.68 Å². The Hall–Kier alpha value is -1.98. The predicted molar refractivity (Wildman–Crippen MR) is 60.0 cm³/mol. The van der Waals surface area contributed by atoms with Gasteiger partial charge in [0.25, 0.3) is 0 Å². The standard InChI is InChI=1S/C12H11F3N2O/c1-2-17-7-9(6-16-17)8-3-4-11(18)10(5-8)12(13,14)15/h3-7,18H,2H2,1H3. The second-order valence-electron chi connectivity index (χ2n) is 3.81. The van der Waals surface area contributed by atoms with Crippen LogP contribution in [0.25, 0.3) is 11.1 Å². The summed E-state index contributed by atoms with van der Waals surface area (Å²) in [6.07, 6.45) is -1.41. The fraction of sp³-hybridized carbons (Fsp3) is 0.250. The number of hydrogen-bond donors (Lipinski definition) is 1. The van der Waals surface area contributed by atoms with Crippen LogP contribution in [0.3, 0.4) is 0 Å². The molecule has 0 aliphatic heterocycles. The number of benzene rings is 1. The SMILES string of the molecule is CCn1cc(-c2ccc(O)c(C(F)(F)F)c2)cn1. The summed E-state index contributed by atoms with van der Waals surface area (Å²) in [5.74, 6) is -0.769. The molecule has 2 rings (SSSR count). The molecular weight excluding hydrogens is 245 g/mol. The van der Waals surface area contributed by atoms with Crippen LogP contribution in [0.2, 0.25) is 0 Å². The smallest absolute Gasteiger partial charge is 0.419 e. The van der Waals surface area contributed by atoms with Crippen molar-refractivity contribution in [3.63, 3.8) is 0 Å². The number of halogens is 3. The van der Waals surface area contributed by atoms with Crippen LogP contribution in [0, 0.1) is 0 Å². The largest absolute Gasteiger partial charge is 0.507 e. The van der Waals surface area contributed by atoms with Crippen LogP contribution >= 0.6 is 0 Å². The number of nitrogens with zero attached hydrogens (tertiary/aromatic N) is 2. The number of rotatable bonds is 2. The molecule has 3 nitrogen and oxygen atoms in total. The monoisotopic (exact) mass is 256 g/mol. The molecule has 0 saturated heterocycles. The van der Waals surface area contributed by atoms with Gasteiger partial charge in [0.2, 0.25) is 0 Å². The Balaban J connectivity index is 2.47. The molecule has 0 bridgehead atoms. The van der Waals surface area contributed by atoms with Gasteiger partial charge in [-0.05, 0) is 24.6 Å². The molecule has 1 N–H and O–H groups in total. The van der Waals surface area contributed by atoms with E-state index >= 15 is 0 Å². The zero-order valence-electron chi connectivity index (χ0n) is 9.57. The molecule has 0 radical (unpaired) electrons. The topological polar surface area (TPSA) is 38.0 Å². The van der Waals surface area contributed by atoms with E-state index in [1.165, 1.54) is 12.3 Å². The number of aryl methyl sites for hydroxylation is 1. The molecule has 18 heavy (non-hydrogen) atoms. The summed E-state index contributed by atoms with van der Waals surface area (Å²) in [5, 5.41) is 13.2. The molecule has 0 spiro atoms. The van der Waals surface area contributed by atoms with Gasteiger partial charge in [0.1, 0.15) is 5.75 Å². The zero-order valence-corrected chi connectivity index (χ0v) is 9.57. The highest BCUT2D eigenvalue weighted by Gasteiger charge is 2.34. The van der Waals surface area contributed by atoms with E-state index < -0.39 is 17.5 Å². The van der Waals surface area contributed by atoms with Crippen molar-refractivity contribution in [1.29, 1.82) is 0 Å². The first-order chi connectivity index (χ1) is 8.41. The van der Waals surface area contributed by atoms with Gasteiger partial charge < -0.3 is 5.11 Å². The summed E-state index contributed by atoms with van der Waals surface area (Å²) in [7, 11) is 0. The van der Waals surface area contributed by atoms with Crippen molar-refractivity contribution in [2.45, 2.75) is 19.6 Å². The molecule has 1 aromatic carbocycles. The first-order valence-electron chi connectivity index (χ1n) is 5.35. The maximum atomic E-state index is 12.6. The highest BCUT2D eigenvalue weighted by Crippen LogP contribution is 2.37. The molecule has 1 heterocycles. The lowest BCUT2D eigenvalue weighted by Crippen LogP contribution is -2.05. The number of alkyl halides is 3. The van der Waals surface area contributed by atoms with Crippen LogP contribution in [-0.2, 0) is 12.7 Å². The Labute approximate surface area is 101 Å². The highest BCUT2D eigenvalue weighted by molar-refractivity contribution is 5.64. The molecule has 0 unspecified atom stereocenters. The summed E-state index contributed by atoms with van der Waals surface area (Å²) in [5.41, 5.74) is -0.0774. The van der Waals surface area contributed by atoms with Crippen molar-refractivity contribution in [2.24, 2.45) is 0 Å². The van der Waals surface area contributed by atoms with E-state index in [4.69, 9.17) is 0 Å². The quantitative estimate of drug-likeness (QED) is 0.895. The van der Waals surface area contributed by atoms with Crippen LogP contribution in [-0.4, -0.2) is 14.9 Å². The van der Waals surface area contributed by atoms with E-state index in [9.17, 15) is 18.3 Å². The van der Waals surface area contributed by atoms with Crippen LogP contribution in [0.5, 0.6) is 5.75 Å². The van der Waals surface area contributed by atoms with Crippen molar-refractivity contribution in [2.75, 3.05) is 0 Å². The minimum Gasteiger partial charge on any atom is -0.507 e. The molecule has 0 atom stereocenters. The van der Waals surface area contributed by atoms with Crippen LogP contribution < -0.4 is 0 Å². The third-order valence-corrected chi connectivity index (χ3v) is 2.59. The van der Waals surface area contributed by atoms with Crippen molar-refractivity contribution >= 4 is 0 Å². The summed E-state index contributed by atoms with van der Waals surface area (Å²) < 4.78 is 39.5. The average molecular weight is 256 g/mol. The number of aromatic nitrogens is 2. The average Bonchev–Trinajstić information content (AvgIpc) is 2.76. The van der Waals surface area contributed by atoms with E-state index in [0.29, 0.717) is 17.7 Å². The van der Waals surface area contributed by atoms with Crippen molar-refractivity contribution in [3.05, 3.63) is 36.2 Å². The predicted octanol–water partition coefficient (Wildman–Crippen LogP) is 3.29. The van der Waals surface area contributed by atoms with Gasteiger partial charge in [0.05, 0.1) is 11.8 Å². The van der Waals surface area contributed by atoms with Crippen molar-refractivity contribution in [1.82, 2.24) is 9.78 Å². The van der Waals surface area contributed by atoms with E-state index in [2.05, 4.69) is 5.10 Å². The molecule has 6 heteroatoms. The second kappa shape index (κ2) is 4.36. The maximum Gasteiger partial charge on any atom is 0.419 e. The molecule has 0 amide bonds. The maximum absolute atomic E-state index is 12.6. The van der Waals surface area contributed by atoms with E-state index in [1.54, 1.807) is 10.9 Å². The fourth-order valence-electron chi connectivity index (χ4n) is 1.63. The molecular formula is C12H11F3N2O. The molecule has 96 valence electrons. The molecule has 2 aromatic rings. The Morgan fingerprint density at radius 1 is 1.28 bits per heavy atom. The number of hydrogen-bond acceptors (Lipinski definition) is 2. The van der Waals surface area contributed by atoms with Gasteiger partial charge in [0, 0.05) is 18.3 Å². The lowest BCUT2D eigenvalue weighted by atomic mass is 10.1. The van der Waals surface area contributed by atoms with Gasteiger partial charge in [0.15, 0.2) is 0 Å². The highest BCUT2D eigenvalue weighted by atomic mass is 19.4. The fourth-order valence-corrected chi connectivity index (χ4v) is 1.63. The summed E-state index contributed by atoms with van der Waals surface area (Å²) in [6.45, 7) is 2.53. The minimum absolute atomic E-state index is 0.375. The first kappa shape index (κ1) is 12.5. The number of aromatic hydroxyl groups is 1. The van der Waals surface area contributed by atoms with E-state index in [0.717, 1.165) is 12.1 Å². The van der Waals surface area contributed by atoms with Crippen molar-refractivity contribution in [3.8, 4) is 16.9 Å². The summed E-state index contributed by atoms with van der Waals surface area (Å²) in [6, 6.07) is 3.40. The molecule has 1 aromatic heterocycles. The summed E-state index contributed by atoms with van der Waals surface area (Å²) >= 11 is 0. The van der Waals surface area contributed by atoms with Crippen molar-refractivity contribution < 1.29 is 18.3 Å². The van der Waals surface area contributed by atoms with Gasteiger partial charge >= 0.3 is 6.18 Å². The Morgan fingerprint density at radius 3 is 2.56 bits per heavy atom. The number of phenolic OH excluding ortho intramolecular Hbond substituents is 1. The summed E-state index contributed by atoms with van der Waals surface area (Å²) in [4.78, 5) is 0. The molecule has 0 aliphatic carbocycles. The van der Waals surface area contributed by atoms with E-state index in [-0.39, 0.29) is 0 Å². The minimum atomic E-state index is -4.57.